The summed E-state index contributed by atoms with van der Waals surface area (Å²) in [7, 11) is 1.72. The van der Waals surface area contributed by atoms with Crippen molar-refractivity contribution in [3.63, 3.8) is 0 Å². The lowest BCUT2D eigenvalue weighted by atomic mass is 9.67. The number of aromatic nitrogens is 1. The van der Waals surface area contributed by atoms with E-state index in [1.165, 1.54) is 30.6 Å². The lowest BCUT2D eigenvalue weighted by Crippen LogP contribution is -2.43. The molecule has 0 aromatic carbocycles. The topological polar surface area (TPSA) is 77.2 Å². The minimum Gasteiger partial charge on any atom is -0.385 e. The van der Waals surface area contributed by atoms with E-state index in [0.29, 0.717) is 12.2 Å². The number of carbonyl (C=O) groups is 1. The number of halogens is 1. The van der Waals surface area contributed by atoms with Gasteiger partial charge in [0.2, 0.25) is 0 Å². The molecule has 3 N–H and O–H groups in total. The molecule has 1 saturated carbocycles. The molecule has 120 valence electrons. The van der Waals surface area contributed by atoms with Gasteiger partial charge in [0.25, 0.3) is 5.91 Å². The van der Waals surface area contributed by atoms with Crippen LogP contribution in [-0.2, 0) is 11.2 Å². The Bertz CT molecular complexity index is 449. The molecule has 2 rings (SSSR count). The molecule has 0 atom stereocenters. The molecule has 1 aliphatic rings. The van der Waals surface area contributed by atoms with Gasteiger partial charge in [0.1, 0.15) is 5.69 Å². The second-order valence-corrected chi connectivity index (χ2v) is 6.39. The zero-order valence-electron chi connectivity index (χ0n) is 12.4. The molecule has 1 amide bonds. The first-order valence-electron chi connectivity index (χ1n) is 7.11. The molecule has 1 aromatic rings. The van der Waals surface area contributed by atoms with Gasteiger partial charge in [0, 0.05) is 32.1 Å². The molecule has 0 bridgehead atoms. The Balaban J connectivity index is 0.00000220. The van der Waals surface area contributed by atoms with Crippen molar-refractivity contribution in [2.24, 2.45) is 11.1 Å². The molecule has 0 radical (unpaired) electrons. The number of ether oxygens (including phenoxy) is 1. The number of thiazole rings is 1. The summed E-state index contributed by atoms with van der Waals surface area (Å²) in [5, 5.41) is 5.76. The summed E-state index contributed by atoms with van der Waals surface area (Å²) in [6, 6.07) is 0. The second-order valence-electron chi connectivity index (χ2n) is 5.44. The van der Waals surface area contributed by atoms with Crippen molar-refractivity contribution in [1.29, 1.82) is 0 Å². The number of rotatable bonds is 8. The van der Waals surface area contributed by atoms with Gasteiger partial charge in [0.05, 0.1) is 5.01 Å². The van der Waals surface area contributed by atoms with Crippen LogP contribution in [0.3, 0.4) is 0 Å². The fourth-order valence-corrected chi connectivity index (χ4v) is 3.32. The van der Waals surface area contributed by atoms with Crippen LogP contribution in [0.15, 0.2) is 5.38 Å². The molecule has 0 unspecified atom stereocenters. The average Bonchev–Trinajstić information content (AvgIpc) is 2.86. The first kappa shape index (κ1) is 18.4. The minimum atomic E-state index is -0.0757. The minimum absolute atomic E-state index is 0. The van der Waals surface area contributed by atoms with Crippen LogP contribution >= 0.6 is 23.7 Å². The maximum absolute atomic E-state index is 12.1. The normalized spacial score (nSPS) is 15.9. The highest BCUT2D eigenvalue weighted by molar-refractivity contribution is 7.09. The third kappa shape index (κ3) is 4.92. The van der Waals surface area contributed by atoms with Crippen LogP contribution in [0.2, 0.25) is 0 Å². The maximum Gasteiger partial charge on any atom is 0.270 e. The van der Waals surface area contributed by atoms with E-state index in [1.54, 1.807) is 7.11 Å². The summed E-state index contributed by atoms with van der Waals surface area (Å²) in [6.07, 6.45) is 5.34. The summed E-state index contributed by atoms with van der Waals surface area (Å²) in [4.78, 5) is 16.4. The summed E-state index contributed by atoms with van der Waals surface area (Å²) in [6.45, 7) is 2.04. The van der Waals surface area contributed by atoms with Gasteiger partial charge >= 0.3 is 0 Å². The van der Waals surface area contributed by atoms with Gasteiger partial charge < -0.3 is 15.8 Å². The number of amides is 1. The molecule has 1 aliphatic carbocycles. The van der Waals surface area contributed by atoms with Crippen LogP contribution < -0.4 is 11.1 Å². The quantitative estimate of drug-likeness (QED) is 0.762. The van der Waals surface area contributed by atoms with Gasteiger partial charge in [-0.05, 0) is 31.2 Å². The Morgan fingerprint density at radius 2 is 2.33 bits per heavy atom. The van der Waals surface area contributed by atoms with Gasteiger partial charge in [-0.3, -0.25) is 4.79 Å². The molecule has 21 heavy (non-hydrogen) atoms. The molecular weight excluding hydrogens is 310 g/mol. The molecular formula is C14H24ClN3O2S. The number of hydrogen-bond acceptors (Lipinski definition) is 5. The number of hydrogen-bond donors (Lipinski definition) is 2. The van der Waals surface area contributed by atoms with E-state index in [9.17, 15) is 4.79 Å². The predicted molar refractivity (Wildman–Crippen MR) is 87.2 cm³/mol. The van der Waals surface area contributed by atoms with Crippen molar-refractivity contribution in [3.05, 3.63) is 16.1 Å². The van der Waals surface area contributed by atoms with Crippen molar-refractivity contribution in [3.8, 4) is 0 Å². The van der Waals surface area contributed by atoms with Gasteiger partial charge in [-0.15, -0.1) is 23.7 Å². The third-order valence-electron chi connectivity index (χ3n) is 4.02. The summed E-state index contributed by atoms with van der Waals surface area (Å²) >= 11 is 1.50. The zero-order valence-corrected chi connectivity index (χ0v) is 14.0. The van der Waals surface area contributed by atoms with Gasteiger partial charge in [0.15, 0.2) is 0 Å². The Hall–Kier alpha value is -0.690. The molecule has 1 aromatic heterocycles. The van der Waals surface area contributed by atoms with Crippen molar-refractivity contribution in [2.45, 2.75) is 32.1 Å². The zero-order chi connectivity index (χ0) is 14.4. The highest BCUT2D eigenvalue weighted by Gasteiger charge is 2.36. The van der Waals surface area contributed by atoms with Crippen LogP contribution in [0, 0.1) is 5.41 Å². The largest absolute Gasteiger partial charge is 0.385 e. The van der Waals surface area contributed by atoms with Crippen molar-refractivity contribution < 1.29 is 9.53 Å². The average molecular weight is 334 g/mol. The van der Waals surface area contributed by atoms with E-state index in [0.717, 1.165) is 31.0 Å². The van der Waals surface area contributed by atoms with Crippen molar-refractivity contribution in [2.75, 3.05) is 26.8 Å². The van der Waals surface area contributed by atoms with Crippen LogP contribution in [-0.4, -0.2) is 37.7 Å². The van der Waals surface area contributed by atoms with E-state index in [-0.39, 0.29) is 23.7 Å². The lowest BCUT2D eigenvalue weighted by Gasteiger charge is -2.42. The third-order valence-corrected chi connectivity index (χ3v) is 4.93. The molecule has 7 heteroatoms. The Labute approximate surface area is 136 Å². The van der Waals surface area contributed by atoms with E-state index in [2.05, 4.69) is 10.3 Å². The van der Waals surface area contributed by atoms with Crippen molar-refractivity contribution in [1.82, 2.24) is 10.3 Å². The van der Waals surface area contributed by atoms with Crippen LogP contribution in [0.5, 0.6) is 0 Å². The first-order chi connectivity index (χ1) is 9.69. The van der Waals surface area contributed by atoms with Gasteiger partial charge in [-0.25, -0.2) is 4.98 Å². The lowest BCUT2D eigenvalue weighted by molar-refractivity contribution is 0.0630. The first-order valence-corrected chi connectivity index (χ1v) is 7.99. The maximum atomic E-state index is 12.1. The summed E-state index contributed by atoms with van der Waals surface area (Å²) in [5.74, 6) is -0.0757. The fraction of sp³-hybridized carbons (Fsp3) is 0.714. The monoisotopic (exact) mass is 333 g/mol. The number of methoxy groups -OCH3 is 1. The molecule has 1 fully saturated rings. The number of carbonyl (C=O) groups excluding carboxylic acids is 1. The highest BCUT2D eigenvalue weighted by atomic mass is 35.5. The van der Waals surface area contributed by atoms with Crippen LogP contribution in [0.1, 0.15) is 41.2 Å². The van der Waals surface area contributed by atoms with Crippen LogP contribution in [0.4, 0.5) is 0 Å². The Morgan fingerprint density at radius 3 is 2.90 bits per heavy atom. The molecule has 0 saturated heterocycles. The molecule has 5 nitrogen and oxygen atoms in total. The van der Waals surface area contributed by atoms with E-state index < -0.39 is 0 Å². The van der Waals surface area contributed by atoms with E-state index >= 15 is 0 Å². The predicted octanol–water partition coefficient (Wildman–Crippen LogP) is 2.00. The standard InChI is InChI=1S/C14H23N3O2S.ClH/c1-19-8-6-14(4-2-5-14)10-16-13(18)11-9-20-12(17-11)3-7-15;/h9H,2-8,10,15H2,1H3,(H,16,18);1H. The van der Waals surface area contributed by atoms with Crippen LogP contribution in [0.25, 0.3) is 0 Å². The smallest absolute Gasteiger partial charge is 0.270 e. The Kier molecular flexibility index (Phi) is 7.59. The van der Waals surface area contributed by atoms with Crippen molar-refractivity contribution >= 4 is 29.7 Å². The fourth-order valence-electron chi connectivity index (χ4n) is 2.52. The van der Waals surface area contributed by atoms with E-state index in [1.807, 2.05) is 5.38 Å². The molecule has 0 spiro atoms. The highest BCUT2D eigenvalue weighted by Crippen LogP contribution is 2.43. The summed E-state index contributed by atoms with van der Waals surface area (Å²) in [5.41, 5.74) is 6.24. The summed E-state index contributed by atoms with van der Waals surface area (Å²) < 4.78 is 5.16. The number of nitrogens with one attached hydrogen (secondary N) is 1. The van der Waals surface area contributed by atoms with Gasteiger partial charge in [-0.2, -0.15) is 0 Å². The van der Waals surface area contributed by atoms with Gasteiger partial charge in [-0.1, -0.05) is 6.42 Å². The van der Waals surface area contributed by atoms with E-state index in [4.69, 9.17) is 10.5 Å². The molecule has 1 heterocycles. The Morgan fingerprint density at radius 1 is 1.57 bits per heavy atom. The second kappa shape index (κ2) is 8.68. The SMILES string of the molecule is COCCC1(CNC(=O)c2csc(CCN)n2)CCC1.Cl. The number of nitrogens with zero attached hydrogens (tertiary/aromatic N) is 1. The molecule has 0 aliphatic heterocycles. The number of nitrogens with two attached hydrogens (primary N) is 1.